The minimum Gasteiger partial charge on any atom is -0.493 e. The zero-order chi connectivity index (χ0) is 17.9. The molecule has 0 aliphatic heterocycles. The zero-order valence-electron chi connectivity index (χ0n) is 12.4. The van der Waals surface area contributed by atoms with Crippen molar-refractivity contribution in [1.82, 2.24) is 0 Å². The standard InChI is InChI=1S/C16H12BrF3INO2/c1-2-24-14-6-3-9(7-12(14)17)15(23)22-13-5-4-10(21)8-11(13)16(18,19)20/h3-8H,2H2,1H3,(H,22,23). The Hall–Kier alpha value is -1.29. The van der Waals surface area contributed by atoms with Crippen molar-refractivity contribution in [3.8, 4) is 5.75 Å². The van der Waals surface area contributed by atoms with Crippen LogP contribution in [0.2, 0.25) is 0 Å². The molecule has 0 bridgehead atoms. The Morgan fingerprint density at radius 2 is 1.96 bits per heavy atom. The molecular formula is C16H12BrF3INO2. The highest BCUT2D eigenvalue weighted by atomic mass is 127. The topological polar surface area (TPSA) is 38.3 Å². The van der Waals surface area contributed by atoms with Gasteiger partial charge >= 0.3 is 6.18 Å². The highest BCUT2D eigenvalue weighted by Gasteiger charge is 2.34. The van der Waals surface area contributed by atoms with Crippen LogP contribution in [0.25, 0.3) is 0 Å². The van der Waals surface area contributed by atoms with Crippen LogP contribution in [0.5, 0.6) is 5.75 Å². The molecule has 0 aliphatic rings. The van der Waals surface area contributed by atoms with Crippen LogP contribution in [-0.2, 0) is 6.18 Å². The lowest BCUT2D eigenvalue weighted by molar-refractivity contribution is -0.137. The SMILES string of the molecule is CCOc1ccc(C(=O)Nc2ccc(I)cc2C(F)(F)F)cc1Br. The van der Waals surface area contributed by atoms with Crippen molar-refractivity contribution in [2.75, 3.05) is 11.9 Å². The first kappa shape index (κ1) is 19.0. The van der Waals surface area contributed by atoms with E-state index in [1.54, 1.807) is 28.7 Å². The van der Waals surface area contributed by atoms with E-state index in [9.17, 15) is 18.0 Å². The lowest BCUT2D eigenvalue weighted by Crippen LogP contribution is -2.17. The first-order valence-corrected chi connectivity index (χ1v) is 8.70. The van der Waals surface area contributed by atoms with Gasteiger partial charge in [0.25, 0.3) is 5.91 Å². The third kappa shape index (κ3) is 4.62. The lowest BCUT2D eigenvalue weighted by Gasteiger charge is -2.14. The number of benzene rings is 2. The Morgan fingerprint density at radius 3 is 2.54 bits per heavy atom. The summed E-state index contributed by atoms with van der Waals surface area (Å²) in [4.78, 5) is 12.3. The minimum atomic E-state index is -4.55. The van der Waals surface area contributed by atoms with E-state index in [1.165, 1.54) is 24.3 Å². The number of carbonyl (C=O) groups excluding carboxylic acids is 1. The Kier molecular flexibility index (Phi) is 6.13. The molecule has 1 amide bonds. The van der Waals surface area contributed by atoms with Crippen LogP contribution in [0.15, 0.2) is 40.9 Å². The van der Waals surface area contributed by atoms with Crippen molar-refractivity contribution < 1.29 is 22.7 Å². The maximum absolute atomic E-state index is 13.1. The summed E-state index contributed by atoms with van der Waals surface area (Å²) in [6.07, 6.45) is -4.55. The van der Waals surface area contributed by atoms with Crippen molar-refractivity contribution in [2.24, 2.45) is 0 Å². The summed E-state index contributed by atoms with van der Waals surface area (Å²) in [5, 5.41) is 2.32. The van der Waals surface area contributed by atoms with E-state index in [1.807, 2.05) is 6.92 Å². The number of hydrogen-bond acceptors (Lipinski definition) is 2. The quantitative estimate of drug-likeness (QED) is 0.531. The second-order valence-corrected chi connectivity index (χ2v) is 6.82. The second kappa shape index (κ2) is 7.73. The van der Waals surface area contributed by atoms with E-state index in [0.717, 1.165) is 6.07 Å². The van der Waals surface area contributed by atoms with Crippen LogP contribution in [0.4, 0.5) is 18.9 Å². The van der Waals surface area contributed by atoms with Gasteiger partial charge in [-0.15, -0.1) is 0 Å². The summed E-state index contributed by atoms with van der Waals surface area (Å²) in [5.41, 5.74) is -0.942. The van der Waals surface area contributed by atoms with Crippen LogP contribution < -0.4 is 10.1 Å². The molecule has 0 spiro atoms. The monoisotopic (exact) mass is 513 g/mol. The summed E-state index contributed by atoms with van der Waals surface area (Å²) >= 11 is 5.06. The number of amides is 1. The maximum Gasteiger partial charge on any atom is 0.418 e. The van der Waals surface area contributed by atoms with Crippen molar-refractivity contribution in [3.63, 3.8) is 0 Å². The molecule has 2 rings (SSSR count). The van der Waals surface area contributed by atoms with Gasteiger partial charge in [-0.3, -0.25) is 4.79 Å². The summed E-state index contributed by atoms with van der Waals surface area (Å²) in [5.74, 6) is -0.0789. The molecule has 0 fully saturated rings. The molecule has 2 aromatic rings. The molecule has 8 heteroatoms. The largest absolute Gasteiger partial charge is 0.493 e. The summed E-state index contributed by atoms with van der Waals surface area (Å²) in [7, 11) is 0. The van der Waals surface area contributed by atoms with Crippen LogP contribution in [-0.4, -0.2) is 12.5 Å². The molecule has 0 aromatic heterocycles. The Labute approximate surface area is 158 Å². The van der Waals surface area contributed by atoms with Gasteiger partial charge < -0.3 is 10.1 Å². The van der Waals surface area contributed by atoms with Crippen molar-refractivity contribution in [2.45, 2.75) is 13.1 Å². The van der Waals surface area contributed by atoms with Gasteiger partial charge in [0.1, 0.15) is 5.75 Å². The number of ether oxygens (including phenoxy) is 1. The van der Waals surface area contributed by atoms with Gasteiger partial charge in [-0.1, -0.05) is 0 Å². The average molecular weight is 514 g/mol. The normalized spacial score (nSPS) is 11.2. The molecule has 0 atom stereocenters. The number of alkyl halides is 3. The Bertz CT molecular complexity index is 765. The van der Waals surface area contributed by atoms with Crippen molar-refractivity contribution in [3.05, 3.63) is 55.6 Å². The van der Waals surface area contributed by atoms with Crippen LogP contribution >= 0.6 is 38.5 Å². The van der Waals surface area contributed by atoms with Crippen LogP contribution in [0.1, 0.15) is 22.8 Å². The summed E-state index contributed by atoms with van der Waals surface area (Å²) in [6, 6.07) is 8.31. The number of carbonyl (C=O) groups is 1. The van der Waals surface area contributed by atoms with Crippen LogP contribution in [0, 0.1) is 3.57 Å². The van der Waals surface area contributed by atoms with E-state index < -0.39 is 17.6 Å². The molecule has 0 saturated heterocycles. The molecule has 24 heavy (non-hydrogen) atoms. The van der Waals surface area contributed by atoms with Gasteiger partial charge in [0.2, 0.25) is 0 Å². The van der Waals surface area contributed by atoms with Gasteiger partial charge in [-0.2, -0.15) is 13.2 Å². The lowest BCUT2D eigenvalue weighted by atomic mass is 10.1. The van der Waals surface area contributed by atoms with E-state index in [0.29, 0.717) is 20.4 Å². The summed E-state index contributed by atoms with van der Waals surface area (Å²) < 4.78 is 45.6. The molecule has 0 aliphatic carbocycles. The molecule has 0 unspecified atom stereocenters. The van der Waals surface area contributed by atoms with Gasteiger partial charge in [0, 0.05) is 9.13 Å². The molecule has 3 nitrogen and oxygen atoms in total. The van der Waals surface area contributed by atoms with Gasteiger partial charge in [-0.25, -0.2) is 0 Å². The third-order valence-corrected chi connectivity index (χ3v) is 4.32. The van der Waals surface area contributed by atoms with Gasteiger partial charge in [0.05, 0.1) is 22.3 Å². The number of rotatable bonds is 4. The van der Waals surface area contributed by atoms with Crippen molar-refractivity contribution in [1.29, 1.82) is 0 Å². The molecule has 1 N–H and O–H groups in total. The van der Waals surface area contributed by atoms with Gasteiger partial charge in [-0.05, 0) is 81.8 Å². The zero-order valence-corrected chi connectivity index (χ0v) is 16.1. The molecule has 2 aromatic carbocycles. The fourth-order valence-corrected chi connectivity index (χ4v) is 2.95. The first-order valence-electron chi connectivity index (χ1n) is 6.83. The summed E-state index contributed by atoms with van der Waals surface area (Å²) in [6.45, 7) is 2.28. The highest BCUT2D eigenvalue weighted by Crippen LogP contribution is 2.36. The Morgan fingerprint density at radius 1 is 1.25 bits per heavy atom. The fraction of sp³-hybridized carbons (Fsp3) is 0.188. The molecule has 128 valence electrons. The van der Waals surface area contributed by atoms with Crippen molar-refractivity contribution >= 4 is 50.1 Å². The predicted octanol–water partition coefficient (Wildman–Crippen LogP) is 5.72. The van der Waals surface area contributed by atoms with Gasteiger partial charge in [0.15, 0.2) is 0 Å². The first-order chi connectivity index (χ1) is 11.2. The van der Waals surface area contributed by atoms with E-state index in [4.69, 9.17) is 4.74 Å². The Balaban J connectivity index is 2.29. The van der Waals surface area contributed by atoms with E-state index >= 15 is 0 Å². The highest BCUT2D eigenvalue weighted by molar-refractivity contribution is 14.1. The number of nitrogens with one attached hydrogen (secondary N) is 1. The molecule has 0 heterocycles. The number of hydrogen-bond donors (Lipinski definition) is 1. The average Bonchev–Trinajstić information content (AvgIpc) is 2.50. The molecule has 0 radical (unpaired) electrons. The number of halogens is 5. The predicted molar refractivity (Wildman–Crippen MR) is 97.4 cm³/mol. The minimum absolute atomic E-state index is 0.219. The molecular weight excluding hydrogens is 502 g/mol. The second-order valence-electron chi connectivity index (χ2n) is 4.72. The van der Waals surface area contributed by atoms with Crippen LogP contribution in [0.3, 0.4) is 0 Å². The number of anilines is 1. The van der Waals surface area contributed by atoms with E-state index in [2.05, 4.69) is 21.2 Å². The van der Waals surface area contributed by atoms with E-state index in [-0.39, 0.29) is 11.3 Å². The molecule has 0 saturated carbocycles. The maximum atomic E-state index is 13.1. The smallest absolute Gasteiger partial charge is 0.418 e. The fourth-order valence-electron chi connectivity index (χ4n) is 1.97. The third-order valence-electron chi connectivity index (χ3n) is 3.03.